The molecule has 0 amide bonds. The summed E-state index contributed by atoms with van der Waals surface area (Å²) >= 11 is 0. The van der Waals surface area contributed by atoms with Crippen molar-refractivity contribution < 1.29 is 4.42 Å². The van der Waals surface area contributed by atoms with Gasteiger partial charge in [0.1, 0.15) is 11.3 Å². The van der Waals surface area contributed by atoms with Gasteiger partial charge in [-0.3, -0.25) is 0 Å². The van der Waals surface area contributed by atoms with Gasteiger partial charge in [0.25, 0.3) is 0 Å². The second-order valence-electron chi connectivity index (χ2n) is 10.9. The molecule has 0 aliphatic carbocycles. The first-order valence-electron chi connectivity index (χ1n) is 14.5. The molecule has 0 atom stereocenters. The third-order valence-electron chi connectivity index (χ3n) is 8.33. The monoisotopic (exact) mass is 552 g/mol. The van der Waals surface area contributed by atoms with Crippen LogP contribution in [0, 0.1) is 0 Å². The van der Waals surface area contributed by atoms with Crippen molar-refractivity contribution in [1.29, 1.82) is 0 Å². The molecule has 0 saturated carbocycles. The fraction of sp³-hybridized carbons (Fsp3) is 0.0250. The summed E-state index contributed by atoms with van der Waals surface area (Å²) in [6, 6.07) is 48.5. The maximum atomic E-state index is 6.54. The van der Waals surface area contributed by atoms with Crippen LogP contribution in [-0.4, -0.2) is 10.3 Å². The standard InChI is InChI=1S/C40H28N2O/c1-26-34-25-31(42-35-20-12-11-19-33(35)38-32-18-10-9-15-29(32)21-23-36(38)42)22-24-37(34)43-40(26)39(30-16-7-4-8-17-30)41-27(2)28-13-5-3-6-14-28/h3-25H,1H2,2H3/b40-39+,41-27?. The molecule has 8 aromatic rings. The predicted octanol–water partition coefficient (Wildman–Crippen LogP) is 8.76. The van der Waals surface area contributed by atoms with Gasteiger partial charge in [0.05, 0.1) is 11.0 Å². The summed E-state index contributed by atoms with van der Waals surface area (Å²) in [7, 11) is 0. The van der Waals surface area contributed by atoms with E-state index in [0.29, 0.717) is 5.42 Å². The highest BCUT2D eigenvalue weighted by molar-refractivity contribution is 6.21. The van der Waals surface area contributed by atoms with Gasteiger partial charge in [0.15, 0.2) is 5.42 Å². The first-order chi connectivity index (χ1) is 21.2. The van der Waals surface area contributed by atoms with E-state index in [1.807, 2.05) is 43.3 Å². The summed E-state index contributed by atoms with van der Waals surface area (Å²) in [5.41, 5.74) is 8.62. The van der Waals surface area contributed by atoms with Crippen LogP contribution >= 0.6 is 0 Å². The van der Waals surface area contributed by atoms with Gasteiger partial charge < -0.3 is 8.98 Å². The minimum Gasteiger partial charge on any atom is -0.454 e. The third kappa shape index (κ3) is 4.09. The van der Waals surface area contributed by atoms with Crippen molar-refractivity contribution in [3.63, 3.8) is 0 Å². The molecule has 0 spiro atoms. The van der Waals surface area contributed by atoms with Crippen LogP contribution in [-0.2, 0) is 0 Å². The molecule has 3 nitrogen and oxygen atoms in total. The van der Waals surface area contributed by atoms with Crippen molar-refractivity contribution in [1.82, 2.24) is 4.57 Å². The molecule has 0 saturated heterocycles. The lowest BCUT2D eigenvalue weighted by molar-refractivity contribution is 0.572. The number of aliphatic imine (C=N–C) groups is 1. The topological polar surface area (TPSA) is 30.4 Å². The van der Waals surface area contributed by atoms with E-state index in [4.69, 9.17) is 9.41 Å². The summed E-state index contributed by atoms with van der Waals surface area (Å²) in [4.78, 5) is 5.12. The van der Waals surface area contributed by atoms with Gasteiger partial charge >= 0.3 is 0 Å². The van der Waals surface area contributed by atoms with Crippen molar-refractivity contribution in [3.05, 3.63) is 161 Å². The Kier molecular flexibility index (Phi) is 5.83. The summed E-state index contributed by atoms with van der Waals surface area (Å²) in [6.07, 6.45) is 0. The lowest BCUT2D eigenvalue weighted by Gasteiger charge is -2.08. The first kappa shape index (κ1) is 25.1. The molecule has 0 aliphatic rings. The molecule has 3 heteroatoms. The molecule has 2 heterocycles. The number of furan rings is 1. The van der Waals surface area contributed by atoms with E-state index in [2.05, 4.69) is 114 Å². The molecule has 204 valence electrons. The molecular weight excluding hydrogens is 524 g/mol. The minimum atomic E-state index is 0.682. The third-order valence-corrected chi connectivity index (χ3v) is 8.33. The van der Waals surface area contributed by atoms with Crippen LogP contribution in [0.4, 0.5) is 0 Å². The van der Waals surface area contributed by atoms with Crippen molar-refractivity contribution in [3.8, 4) is 5.69 Å². The second kappa shape index (κ2) is 10.0. The molecule has 6 aromatic carbocycles. The van der Waals surface area contributed by atoms with Crippen molar-refractivity contribution >= 4 is 61.5 Å². The number of hydrogen-bond donors (Lipinski definition) is 0. The minimum absolute atomic E-state index is 0.682. The zero-order valence-electron chi connectivity index (χ0n) is 23.8. The van der Waals surface area contributed by atoms with Crippen LogP contribution in [0.2, 0.25) is 0 Å². The molecule has 43 heavy (non-hydrogen) atoms. The van der Waals surface area contributed by atoms with Crippen LogP contribution in [0.5, 0.6) is 0 Å². The van der Waals surface area contributed by atoms with Crippen LogP contribution in [0.25, 0.3) is 61.5 Å². The number of fused-ring (bicyclic) bond motifs is 6. The molecule has 0 fully saturated rings. The number of benzene rings is 6. The van der Waals surface area contributed by atoms with Crippen molar-refractivity contribution in [2.24, 2.45) is 4.99 Å². The molecule has 2 aromatic heterocycles. The summed E-state index contributed by atoms with van der Waals surface area (Å²) in [5, 5.41) is 6.80. The van der Waals surface area contributed by atoms with E-state index < -0.39 is 0 Å². The molecule has 0 bridgehead atoms. The Balaban J connectivity index is 1.40. The molecule has 0 radical (unpaired) electrons. The molecule has 0 aliphatic heterocycles. The van der Waals surface area contributed by atoms with E-state index in [9.17, 15) is 0 Å². The second-order valence-corrected chi connectivity index (χ2v) is 10.9. The number of para-hydroxylation sites is 1. The zero-order valence-corrected chi connectivity index (χ0v) is 23.8. The Morgan fingerprint density at radius 2 is 1.30 bits per heavy atom. The highest BCUT2D eigenvalue weighted by atomic mass is 16.3. The summed E-state index contributed by atoms with van der Waals surface area (Å²) < 4.78 is 8.89. The Morgan fingerprint density at radius 3 is 2.09 bits per heavy atom. The lowest BCUT2D eigenvalue weighted by Crippen LogP contribution is -2.22. The van der Waals surface area contributed by atoms with Crippen molar-refractivity contribution in [2.75, 3.05) is 0 Å². The van der Waals surface area contributed by atoms with Crippen LogP contribution in [0.3, 0.4) is 0 Å². The van der Waals surface area contributed by atoms with Gasteiger partial charge in [-0.1, -0.05) is 116 Å². The van der Waals surface area contributed by atoms with Crippen LogP contribution in [0.15, 0.2) is 149 Å². The molecule has 0 unspecified atom stereocenters. The van der Waals surface area contributed by atoms with E-state index >= 15 is 0 Å². The summed E-state index contributed by atoms with van der Waals surface area (Å²) in [6.45, 7) is 6.57. The maximum Gasteiger partial charge on any atom is 0.161 e. The largest absolute Gasteiger partial charge is 0.454 e. The first-order valence-corrected chi connectivity index (χ1v) is 14.5. The number of hydrogen-bond acceptors (Lipinski definition) is 2. The zero-order chi connectivity index (χ0) is 28.9. The van der Waals surface area contributed by atoms with Gasteiger partial charge in [-0.25, -0.2) is 4.99 Å². The van der Waals surface area contributed by atoms with E-state index in [0.717, 1.165) is 44.4 Å². The van der Waals surface area contributed by atoms with Gasteiger partial charge in [0.2, 0.25) is 0 Å². The normalized spacial score (nSPS) is 12.9. The van der Waals surface area contributed by atoms with E-state index in [-0.39, 0.29) is 0 Å². The Morgan fingerprint density at radius 1 is 0.628 bits per heavy atom. The molecule has 8 rings (SSSR count). The fourth-order valence-corrected chi connectivity index (χ4v) is 6.24. The van der Waals surface area contributed by atoms with Gasteiger partial charge in [-0.15, -0.1) is 0 Å². The number of aromatic nitrogens is 1. The quantitative estimate of drug-likeness (QED) is 0.201. The summed E-state index contributed by atoms with van der Waals surface area (Å²) in [5.74, 6) is 0. The smallest absolute Gasteiger partial charge is 0.161 e. The van der Waals surface area contributed by atoms with Gasteiger partial charge in [-0.2, -0.15) is 0 Å². The lowest BCUT2D eigenvalue weighted by atomic mass is 10.0. The van der Waals surface area contributed by atoms with E-state index in [1.54, 1.807) is 0 Å². The maximum absolute atomic E-state index is 6.54. The Labute approximate surface area is 249 Å². The average Bonchev–Trinajstić information content (AvgIpc) is 3.58. The van der Waals surface area contributed by atoms with Gasteiger partial charge in [-0.05, 0) is 53.6 Å². The van der Waals surface area contributed by atoms with Crippen LogP contribution in [0.1, 0.15) is 18.1 Å². The number of nitrogens with zero attached hydrogens (tertiary/aromatic N) is 2. The average molecular weight is 553 g/mol. The SMILES string of the molecule is C=c1/c(=C(\N=C(C)c2ccccc2)c2ccccc2)oc2ccc(-n3c4ccccc4c4c5ccccc5ccc43)cc12. The van der Waals surface area contributed by atoms with Crippen molar-refractivity contribution in [2.45, 2.75) is 6.92 Å². The van der Waals surface area contributed by atoms with Gasteiger partial charge in [0, 0.05) is 38.3 Å². The fourth-order valence-electron chi connectivity index (χ4n) is 6.24. The Bertz CT molecular complexity index is 2460. The molecular formula is C40H28N2O. The van der Waals surface area contributed by atoms with Crippen LogP contribution < -0.4 is 10.6 Å². The highest BCUT2D eigenvalue weighted by Gasteiger charge is 2.16. The number of rotatable bonds is 4. The van der Waals surface area contributed by atoms with E-state index in [1.165, 1.54) is 32.6 Å². The molecule has 0 N–H and O–H groups in total. The Hall–Kier alpha value is -5.67. The highest BCUT2D eigenvalue weighted by Crippen LogP contribution is 2.37. The predicted molar refractivity (Wildman–Crippen MR) is 180 cm³/mol.